The maximum absolute atomic E-state index is 11.2. The molecule has 0 aliphatic carbocycles. The third-order valence-corrected chi connectivity index (χ3v) is 2.81. The van der Waals surface area contributed by atoms with Crippen molar-refractivity contribution in [3.63, 3.8) is 0 Å². The number of carbonyl (C=O) groups is 1. The number of methoxy groups -OCH3 is 1. The number of esters is 1. The first kappa shape index (κ1) is 13.0. The number of ether oxygens (including phenoxy) is 1. The van der Waals surface area contributed by atoms with Crippen LogP contribution in [0.25, 0.3) is 16.8 Å². The van der Waals surface area contributed by atoms with E-state index in [4.69, 9.17) is 0 Å². The van der Waals surface area contributed by atoms with Crippen LogP contribution in [-0.2, 0) is 9.53 Å². The van der Waals surface area contributed by atoms with Crippen molar-refractivity contribution in [3.8, 4) is 11.3 Å². The van der Waals surface area contributed by atoms with Crippen molar-refractivity contribution in [2.75, 3.05) is 7.11 Å². The summed E-state index contributed by atoms with van der Waals surface area (Å²) in [5.74, 6) is -0.347. The summed E-state index contributed by atoms with van der Waals surface area (Å²) in [6, 6.07) is 13.7. The quantitative estimate of drug-likeness (QED) is 0.622. The summed E-state index contributed by atoms with van der Waals surface area (Å²) in [5.41, 5.74) is 3.78. The minimum Gasteiger partial charge on any atom is -0.466 e. The number of hydrogen-bond acceptors (Lipinski definition) is 3. The van der Waals surface area contributed by atoms with Crippen LogP contribution >= 0.6 is 0 Å². The summed E-state index contributed by atoms with van der Waals surface area (Å²) in [5, 5.41) is 0. The molecule has 0 fully saturated rings. The van der Waals surface area contributed by atoms with E-state index in [0.29, 0.717) is 0 Å². The van der Waals surface area contributed by atoms with Crippen molar-refractivity contribution < 1.29 is 9.53 Å². The molecule has 0 N–H and O–H groups in total. The van der Waals surface area contributed by atoms with Gasteiger partial charge >= 0.3 is 5.97 Å². The Labute approximate surface area is 112 Å². The van der Waals surface area contributed by atoms with E-state index >= 15 is 0 Å². The molecule has 0 spiro atoms. The Hall–Kier alpha value is -2.42. The SMILES string of the molecule is COC(=O)/C=C(\C)c1cccc(-c2ccccn2)c1. The normalized spacial score (nSPS) is 11.2. The maximum atomic E-state index is 11.2. The number of hydrogen-bond donors (Lipinski definition) is 0. The van der Waals surface area contributed by atoms with Crippen LogP contribution in [0.5, 0.6) is 0 Å². The van der Waals surface area contributed by atoms with Crippen LogP contribution < -0.4 is 0 Å². The van der Waals surface area contributed by atoms with Crippen molar-refractivity contribution in [1.82, 2.24) is 4.98 Å². The molecule has 3 heteroatoms. The summed E-state index contributed by atoms with van der Waals surface area (Å²) in [7, 11) is 1.37. The molecule has 0 amide bonds. The van der Waals surface area contributed by atoms with E-state index in [1.54, 1.807) is 6.20 Å². The molecule has 0 aliphatic rings. The third-order valence-electron chi connectivity index (χ3n) is 2.81. The van der Waals surface area contributed by atoms with Gasteiger partial charge in [-0.15, -0.1) is 0 Å². The molecular weight excluding hydrogens is 238 g/mol. The zero-order valence-corrected chi connectivity index (χ0v) is 11.0. The highest BCUT2D eigenvalue weighted by atomic mass is 16.5. The lowest BCUT2D eigenvalue weighted by Crippen LogP contribution is -1.95. The Morgan fingerprint density at radius 3 is 2.74 bits per heavy atom. The summed E-state index contributed by atoms with van der Waals surface area (Å²) in [4.78, 5) is 15.6. The van der Waals surface area contributed by atoms with Crippen molar-refractivity contribution in [2.45, 2.75) is 6.92 Å². The summed E-state index contributed by atoms with van der Waals surface area (Å²) >= 11 is 0. The second kappa shape index (κ2) is 5.96. The highest BCUT2D eigenvalue weighted by molar-refractivity contribution is 5.91. The predicted molar refractivity (Wildman–Crippen MR) is 75.3 cm³/mol. The van der Waals surface area contributed by atoms with Gasteiger partial charge in [-0.2, -0.15) is 0 Å². The van der Waals surface area contributed by atoms with Crippen LogP contribution in [0.1, 0.15) is 12.5 Å². The highest BCUT2D eigenvalue weighted by Crippen LogP contribution is 2.22. The van der Waals surface area contributed by atoms with Gasteiger partial charge < -0.3 is 4.74 Å². The Morgan fingerprint density at radius 1 is 1.21 bits per heavy atom. The van der Waals surface area contributed by atoms with E-state index in [1.807, 2.05) is 49.4 Å². The molecule has 0 saturated carbocycles. The summed E-state index contributed by atoms with van der Waals surface area (Å²) in [6.45, 7) is 1.88. The topological polar surface area (TPSA) is 39.2 Å². The van der Waals surface area contributed by atoms with Crippen LogP contribution in [0.15, 0.2) is 54.7 Å². The van der Waals surface area contributed by atoms with E-state index in [9.17, 15) is 4.79 Å². The van der Waals surface area contributed by atoms with Crippen molar-refractivity contribution >= 4 is 11.5 Å². The molecule has 96 valence electrons. The molecule has 2 aromatic rings. The molecule has 0 radical (unpaired) electrons. The van der Waals surface area contributed by atoms with Crippen LogP contribution in [0.2, 0.25) is 0 Å². The van der Waals surface area contributed by atoms with E-state index in [2.05, 4.69) is 9.72 Å². The molecule has 3 nitrogen and oxygen atoms in total. The van der Waals surface area contributed by atoms with Gasteiger partial charge in [-0.1, -0.05) is 24.3 Å². The molecular formula is C16H15NO2. The molecule has 1 aromatic carbocycles. The van der Waals surface area contributed by atoms with E-state index in [-0.39, 0.29) is 5.97 Å². The first-order chi connectivity index (χ1) is 9.20. The second-order valence-electron chi connectivity index (χ2n) is 4.15. The van der Waals surface area contributed by atoms with Crippen LogP contribution in [0.3, 0.4) is 0 Å². The summed E-state index contributed by atoms with van der Waals surface area (Å²) in [6.07, 6.45) is 3.25. The Balaban J connectivity index is 2.35. The monoisotopic (exact) mass is 253 g/mol. The van der Waals surface area contributed by atoms with Gasteiger partial charge in [-0.3, -0.25) is 4.98 Å². The fourth-order valence-corrected chi connectivity index (χ4v) is 1.78. The first-order valence-corrected chi connectivity index (χ1v) is 5.99. The largest absolute Gasteiger partial charge is 0.466 e. The molecule has 1 heterocycles. The minimum absolute atomic E-state index is 0.347. The van der Waals surface area contributed by atoms with E-state index in [1.165, 1.54) is 13.2 Å². The predicted octanol–water partition coefficient (Wildman–Crippen LogP) is 3.32. The lowest BCUT2D eigenvalue weighted by atomic mass is 10.0. The van der Waals surface area contributed by atoms with Crippen LogP contribution in [-0.4, -0.2) is 18.1 Å². The molecule has 0 unspecified atom stereocenters. The minimum atomic E-state index is -0.347. The van der Waals surface area contributed by atoms with Gasteiger partial charge in [-0.05, 0) is 36.3 Å². The van der Waals surface area contributed by atoms with Gasteiger partial charge in [0.25, 0.3) is 0 Å². The molecule has 0 bridgehead atoms. The van der Waals surface area contributed by atoms with Crippen molar-refractivity contribution in [2.24, 2.45) is 0 Å². The first-order valence-electron chi connectivity index (χ1n) is 5.99. The Bertz CT molecular complexity index is 603. The maximum Gasteiger partial charge on any atom is 0.330 e. The number of nitrogens with zero attached hydrogens (tertiary/aromatic N) is 1. The molecule has 0 saturated heterocycles. The third kappa shape index (κ3) is 3.28. The van der Waals surface area contributed by atoms with Gasteiger partial charge in [0.05, 0.1) is 12.8 Å². The number of pyridine rings is 1. The van der Waals surface area contributed by atoms with Crippen LogP contribution in [0.4, 0.5) is 0 Å². The number of aromatic nitrogens is 1. The fraction of sp³-hybridized carbons (Fsp3) is 0.125. The standard InChI is InChI=1S/C16H15NO2/c1-12(10-16(18)19-2)13-6-5-7-14(11-13)15-8-3-4-9-17-15/h3-11H,1-2H3/b12-10+. The van der Waals surface area contributed by atoms with Crippen molar-refractivity contribution in [1.29, 1.82) is 0 Å². The summed E-state index contributed by atoms with van der Waals surface area (Å²) < 4.78 is 4.63. The van der Waals surface area contributed by atoms with Crippen LogP contribution in [0, 0.1) is 0 Å². The zero-order chi connectivity index (χ0) is 13.7. The lowest BCUT2D eigenvalue weighted by molar-refractivity contribution is -0.134. The second-order valence-corrected chi connectivity index (χ2v) is 4.15. The molecule has 0 atom stereocenters. The molecule has 19 heavy (non-hydrogen) atoms. The van der Waals surface area contributed by atoms with Gasteiger partial charge in [0, 0.05) is 17.8 Å². The number of rotatable bonds is 3. The molecule has 0 aliphatic heterocycles. The number of allylic oxidation sites excluding steroid dienone is 1. The van der Waals surface area contributed by atoms with Gasteiger partial charge in [0.15, 0.2) is 0 Å². The van der Waals surface area contributed by atoms with E-state index in [0.717, 1.165) is 22.4 Å². The van der Waals surface area contributed by atoms with Gasteiger partial charge in [-0.25, -0.2) is 4.79 Å². The molecule has 1 aromatic heterocycles. The zero-order valence-electron chi connectivity index (χ0n) is 11.0. The number of carbonyl (C=O) groups excluding carboxylic acids is 1. The highest BCUT2D eigenvalue weighted by Gasteiger charge is 2.03. The average Bonchev–Trinajstić information content (AvgIpc) is 2.48. The smallest absolute Gasteiger partial charge is 0.330 e. The van der Waals surface area contributed by atoms with Crippen molar-refractivity contribution in [3.05, 3.63) is 60.3 Å². The van der Waals surface area contributed by atoms with E-state index < -0.39 is 0 Å². The van der Waals surface area contributed by atoms with Gasteiger partial charge in [0.2, 0.25) is 0 Å². The lowest BCUT2D eigenvalue weighted by Gasteiger charge is -2.05. The Kier molecular flexibility index (Phi) is 4.08. The Morgan fingerprint density at radius 2 is 2.05 bits per heavy atom. The fourth-order valence-electron chi connectivity index (χ4n) is 1.78. The molecule has 2 rings (SSSR count). The van der Waals surface area contributed by atoms with Gasteiger partial charge in [0.1, 0.15) is 0 Å². The average molecular weight is 253 g/mol. The number of benzene rings is 1.